The van der Waals surface area contributed by atoms with Crippen molar-refractivity contribution in [2.45, 2.75) is 32.8 Å². The molecule has 8 heavy (non-hydrogen) atoms. The van der Waals surface area contributed by atoms with Crippen molar-refractivity contribution in [1.82, 2.24) is 0 Å². The van der Waals surface area contributed by atoms with Crippen LogP contribution in [0.15, 0.2) is 0 Å². The first-order valence-corrected chi connectivity index (χ1v) is 2.94. The van der Waals surface area contributed by atoms with Crippen molar-refractivity contribution in [3.63, 3.8) is 0 Å². The van der Waals surface area contributed by atoms with E-state index in [1.54, 1.807) is 0 Å². The Labute approximate surface area is 49.8 Å². The Bertz CT molecular complexity index is 57.5. The Hall–Kier alpha value is -0.530. The minimum Gasteiger partial charge on any atom is -0.465 e. The van der Waals surface area contributed by atoms with Crippen molar-refractivity contribution in [3.05, 3.63) is 0 Å². The maximum atomic E-state index is 9.71. The highest BCUT2D eigenvalue weighted by atomic mass is 16.5. The smallest absolute Gasteiger partial charge is 0.293 e. The maximum Gasteiger partial charge on any atom is 0.293 e. The van der Waals surface area contributed by atoms with Crippen LogP contribution < -0.4 is 0 Å². The molecule has 2 nitrogen and oxygen atoms in total. The van der Waals surface area contributed by atoms with Gasteiger partial charge in [-0.05, 0) is 12.8 Å². The Kier molecular flexibility index (Phi) is 4.32. The zero-order valence-corrected chi connectivity index (χ0v) is 5.39. The van der Waals surface area contributed by atoms with Crippen molar-refractivity contribution in [3.8, 4) is 0 Å². The second-order valence-corrected chi connectivity index (χ2v) is 1.67. The van der Waals surface area contributed by atoms with Gasteiger partial charge in [0.1, 0.15) is 6.10 Å². The lowest BCUT2D eigenvalue weighted by Gasteiger charge is -2.07. The summed E-state index contributed by atoms with van der Waals surface area (Å²) in [6.07, 6.45) is 1.96. The number of carbonyl (C=O) groups excluding carboxylic acids is 1. The van der Waals surface area contributed by atoms with Gasteiger partial charge in [0.2, 0.25) is 0 Å². The normalized spacial score (nSPS) is 9.38. The molecule has 0 aromatic carbocycles. The van der Waals surface area contributed by atoms with E-state index in [0.29, 0.717) is 6.47 Å². The lowest BCUT2D eigenvalue weighted by Crippen LogP contribution is -2.07. The highest BCUT2D eigenvalue weighted by molar-refractivity contribution is 5.37. The predicted molar refractivity (Wildman–Crippen MR) is 31.5 cm³/mol. The Balaban J connectivity index is 3.20. The fourth-order valence-corrected chi connectivity index (χ4v) is 0.560. The largest absolute Gasteiger partial charge is 0.465 e. The molecule has 0 atom stereocenters. The predicted octanol–water partition coefficient (Wildman–Crippen LogP) is 1.35. The van der Waals surface area contributed by atoms with E-state index in [1.165, 1.54) is 0 Å². The fourth-order valence-electron chi connectivity index (χ4n) is 0.560. The molecule has 0 aliphatic heterocycles. The molecule has 2 heteroatoms. The van der Waals surface area contributed by atoms with Gasteiger partial charge in [0.05, 0.1) is 0 Å². The number of carbonyl (C=O) groups is 1. The van der Waals surface area contributed by atoms with E-state index in [1.807, 2.05) is 13.8 Å². The Morgan fingerprint density at radius 3 is 2.12 bits per heavy atom. The second-order valence-electron chi connectivity index (χ2n) is 1.67. The minimum absolute atomic E-state index is 0.132. The quantitative estimate of drug-likeness (QED) is 0.518. The average Bonchev–Trinajstić information content (AvgIpc) is 1.83. The third-order valence-corrected chi connectivity index (χ3v) is 1.16. The van der Waals surface area contributed by atoms with Crippen molar-refractivity contribution in [2.24, 2.45) is 0 Å². The molecule has 0 unspecified atom stereocenters. The van der Waals surface area contributed by atoms with Gasteiger partial charge >= 0.3 is 0 Å². The second kappa shape index (κ2) is 4.62. The summed E-state index contributed by atoms with van der Waals surface area (Å²) in [6.45, 7) is 4.51. The number of hydrogen-bond acceptors (Lipinski definition) is 2. The van der Waals surface area contributed by atoms with Crippen molar-refractivity contribution in [2.75, 3.05) is 0 Å². The summed E-state index contributed by atoms with van der Waals surface area (Å²) in [7, 11) is 0. The van der Waals surface area contributed by atoms with Crippen molar-refractivity contribution < 1.29 is 9.53 Å². The first kappa shape index (κ1) is 7.47. The van der Waals surface area contributed by atoms with E-state index in [9.17, 15) is 4.79 Å². The van der Waals surface area contributed by atoms with Gasteiger partial charge in [-0.2, -0.15) is 0 Å². The van der Waals surface area contributed by atoms with Crippen LogP contribution in [0.25, 0.3) is 0 Å². The van der Waals surface area contributed by atoms with E-state index >= 15 is 0 Å². The third kappa shape index (κ3) is 2.61. The lowest BCUT2D eigenvalue weighted by molar-refractivity contribution is -0.133. The van der Waals surface area contributed by atoms with Gasteiger partial charge in [-0.3, -0.25) is 4.79 Å². The van der Waals surface area contributed by atoms with Crippen LogP contribution in [-0.2, 0) is 9.53 Å². The molecule has 0 saturated carbocycles. The van der Waals surface area contributed by atoms with Crippen LogP contribution in [0, 0.1) is 0 Å². The number of ether oxygens (including phenoxy) is 1. The summed E-state index contributed by atoms with van der Waals surface area (Å²) in [5, 5.41) is 0. The average molecular weight is 116 g/mol. The van der Waals surface area contributed by atoms with E-state index in [0.717, 1.165) is 12.8 Å². The molecular formula is C6H12O2. The summed E-state index contributed by atoms with van der Waals surface area (Å²) in [5.41, 5.74) is 0. The molecule has 0 bridgehead atoms. The van der Waals surface area contributed by atoms with Gasteiger partial charge in [-0.15, -0.1) is 0 Å². The molecule has 0 spiro atoms. The Morgan fingerprint density at radius 2 is 2.00 bits per heavy atom. The SMILES string of the molecule is CCC(CC)OC=O. The zero-order chi connectivity index (χ0) is 6.41. The zero-order valence-electron chi connectivity index (χ0n) is 5.39. The van der Waals surface area contributed by atoms with Crippen molar-refractivity contribution in [1.29, 1.82) is 0 Å². The fraction of sp³-hybridized carbons (Fsp3) is 0.833. The monoisotopic (exact) mass is 116 g/mol. The topological polar surface area (TPSA) is 26.3 Å². The van der Waals surface area contributed by atoms with Crippen LogP contribution in [0.1, 0.15) is 26.7 Å². The molecule has 48 valence electrons. The van der Waals surface area contributed by atoms with Crippen LogP contribution in [0.4, 0.5) is 0 Å². The third-order valence-electron chi connectivity index (χ3n) is 1.16. The molecule has 0 radical (unpaired) electrons. The van der Waals surface area contributed by atoms with E-state index in [-0.39, 0.29) is 6.10 Å². The first-order chi connectivity index (χ1) is 3.85. The van der Waals surface area contributed by atoms with Gasteiger partial charge in [-0.1, -0.05) is 13.8 Å². The molecule has 0 N–H and O–H groups in total. The molecular weight excluding hydrogens is 104 g/mol. The summed E-state index contributed by atoms with van der Waals surface area (Å²) in [4.78, 5) is 9.71. The number of hydrogen-bond donors (Lipinski definition) is 0. The van der Waals surface area contributed by atoms with Gasteiger partial charge in [-0.25, -0.2) is 0 Å². The standard InChI is InChI=1S/C6H12O2/c1-3-6(4-2)8-5-7/h5-6H,3-4H2,1-2H3. The van der Waals surface area contributed by atoms with Gasteiger partial charge in [0, 0.05) is 0 Å². The summed E-state index contributed by atoms with van der Waals surface area (Å²) in [6, 6.07) is 0. The van der Waals surface area contributed by atoms with Gasteiger partial charge < -0.3 is 4.74 Å². The molecule has 0 rings (SSSR count). The van der Waals surface area contributed by atoms with Crippen LogP contribution in [0.5, 0.6) is 0 Å². The summed E-state index contributed by atoms with van der Waals surface area (Å²) in [5.74, 6) is 0. The molecule has 0 amide bonds. The molecule has 0 heterocycles. The maximum absolute atomic E-state index is 9.71. The summed E-state index contributed by atoms with van der Waals surface area (Å²) < 4.78 is 4.66. The minimum atomic E-state index is 0.132. The highest BCUT2D eigenvalue weighted by Gasteiger charge is 1.99. The highest BCUT2D eigenvalue weighted by Crippen LogP contribution is 1.99. The molecule has 0 aliphatic rings. The number of rotatable bonds is 4. The van der Waals surface area contributed by atoms with Crippen molar-refractivity contribution >= 4 is 6.47 Å². The van der Waals surface area contributed by atoms with Crippen LogP contribution in [0.2, 0.25) is 0 Å². The van der Waals surface area contributed by atoms with E-state index < -0.39 is 0 Å². The molecule has 0 aliphatic carbocycles. The van der Waals surface area contributed by atoms with E-state index in [4.69, 9.17) is 0 Å². The molecule has 0 fully saturated rings. The first-order valence-electron chi connectivity index (χ1n) is 2.94. The lowest BCUT2D eigenvalue weighted by atomic mass is 10.2. The summed E-state index contributed by atoms with van der Waals surface area (Å²) >= 11 is 0. The van der Waals surface area contributed by atoms with Gasteiger partial charge in [0.15, 0.2) is 0 Å². The molecule has 0 aromatic heterocycles. The molecule has 0 aromatic rings. The molecule has 0 saturated heterocycles. The van der Waals surface area contributed by atoms with Crippen LogP contribution in [0.3, 0.4) is 0 Å². The van der Waals surface area contributed by atoms with Gasteiger partial charge in [0.25, 0.3) is 6.47 Å². The van der Waals surface area contributed by atoms with Crippen LogP contribution in [-0.4, -0.2) is 12.6 Å². The van der Waals surface area contributed by atoms with Crippen LogP contribution >= 0.6 is 0 Å². The van der Waals surface area contributed by atoms with E-state index in [2.05, 4.69) is 4.74 Å². The Morgan fingerprint density at radius 1 is 1.50 bits per heavy atom.